The zero-order valence-electron chi connectivity index (χ0n) is 13.7. The van der Waals surface area contributed by atoms with E-state index in [0.717, 1.165) is 0 Å². The molecule has 1 unspecified atom stereocenters. The highest BCUT2D eigenvalue weighted by Crippen LogP contribution is 2.12. The van der Waals surface area contributed by atoms with Crippen LogP contribution in [0, 0.1) is 5.41 Å². The number of carboxylic acid groups (broad SMARTS) is 1. The highest BCUT2D eigenvalue weighted by atomic mass is 16.4. The van der Waals surface area contributed by atoms with Crippen molar-refractivity contribution in [2.75, 3.05) is 13.1 Å². The monoisotopic (exact) mass is 300 g/mol. The number of rotatable bonds is 8. The van der Waals surface area contributed by atoms with E-state index in [1.54, 1.807) is 0 Å². The summed E-state index contributed by atoms with van der Waals surface area (Å²) in [6.45, 7) is 9.37. The predicted molar refractivity (Wildman–Crippen MR) is 80.8 cm³/mol. The van der Waals surface area contributed by atoms with Crippen molar-refractivity contribution in [3.8, 4) is 0 Å². The topological polar surface area (TPSA) is 86.7 Å². The number of carbonyl (C=O) groups is 3. The van der Waals surface area contributed by atoms with Crippen LogP contribution in [0.5, 0.6) is 0 Å². The van der Waals surface area contributed by atoms with Crippen molar-refractivity contribution in [1.82, 2.24) is 10.2 Å². The van der Waals surface area contributed by atoms with Gasteiger partial charge in [0.2, 0.25) is 11.8 Å². The zero-order valence-corrected chi connectivity index (χ0v) is 13.7. The Morgan fingerprint density at radius 3 is 2.24 bits per heavy atom. The van der Waals surface area contributed by atoms with Crippen molar-refractivity contribution < 1.29 is 19.5 Å². The summed E-state index contributed by atoms with van der Waals surface area (Å²) in [6.07, 6.45) is 1.45. The summed E-state index contributed by atoms with van der Waals surface area (Å²) in [7, 11) is 0. The molecular weight excluding hydrogens is 272 g/mol. The molecule has 0 spiro atoms. The molecule has 0 radical (unpaired) electrons. The summed E-state index contributed by atoms with van der Waals surface area (Å²) >= 11 is 0. The van der Waals surface area contributed by atoms with E-state index in [4.69, 9.17) is 5.11 Å². The van der Waals surface area contributed by atoms with Crippen molar-refractivity contribution in [2.45, 2.75) is 59.9 Å². The average molecular weight is 300 g/mol. The fraction of sp³-hybridized carbons (Fsp3) is 0.800. The molecule has 0 heterocycles. The summed E-state index contributed by atoms with van der Waals surface area (Å²) in [6, 6.07) is -0.0993. The summed E-state index contributed by atoms with van der Waals surface area (Å²) < 4.78 is 0. The van der Waals surface area contributed by atoms with Crippen molar-refractivity contribution in [3.05, 3.63) is 0 Å². The fourth-order valence-corrected chi connectivity index (χ4v) is 1.71. The number of amides is 2. The second-order valence-corrected chi connectivity index (χ2v) is 6.28. The van der Waals surface area contributed by atoms with E-state index in [-0.39, 0.29) is 30.8 Å². The summed E-state index contributed by atoms with van der Waals surface area (Å²) in [4.78, 5) is 35.9. The quantitative estimate of drug-likeness (QED) is 0.667. The van der Waals surface area contributed by atoms with Crippen molar-refractivity contribution in [3.63, 3.8) is 0 Å². The van der Waals surface area contributed by atoms with Crippen LogP contribution in [0.15, 0.2) is 0 Å². The predicted octanol–water partition coefficient (Wildman–Crippen LogP) is 1.64. The molecule has 0 aliphatic heterocycles. The van der Waals surface area contributed by atoms with Crippen LogP contribution < -0.4 is 5.32 Å². The molecule has 0 aliphatic carbocycles. The van der Waals surface area contributed by atoms with Gasteiger partial charge in [0.1, 0.15) is 6.54 Å². The number of nitrogens with one attached hydrogen (secondary N) is 1. The van der Waals surface area contributed by atoms with Gasteiger partial charge in [-0.3, -0.25) is 14.4 Å². The van der Waals surface area contributed by atoms with E-state index in [2.05, 4.69) is 5.32 Å². The Kier molecular flexibility index (Phi) is 7.99. The highest BCUT2D eigenvalue weighted by Gasteiger charge is 2.22. The van der Waals surface area contributed by atoms with Crippen molar-refractivity contribution in [1.29, 1.82) is 0 Å². The van der Waals surface area contributed by atoms with Gasteiger partial charge in [0.25, 0.3) is 0 Å². The zero-order chi connectivity index (χ0) is 16.6. The summed E-state index contributed by atoms with van der Waals surface area (Å²) in [5.41, 5.74) is -0.448. The first-order chi connectivity index (χ1) is 9.59. The van der Waals surface area contributed by atoms with Crippen LogP contribution in [-0.2, 0) is 14.4 Å². The van der Waals surface area contributed by atoms with E-state index in [1.807, 2.05) is 34.6 Å². The molecule has 0 saturated heterocycles. The second kappa shape index (κ2) is 8.64. The van der Waals surface area contributed by atoms with E-state index >= 15 is 0 Å². The minimum absolute atomic E-state index is 0.0562. The fourth-order valence-electron chi connectivity index (χ4n) is 1.71. The van der Waals surface area contributed by atoms with Gasteiger partial charge in [0.05, 0.1) is 0 Å². The molecule has 0 bridgehead atoms. The molecule has 1 atom stereocenters. The number of nitrogens with zero attached hydrogens (tertiary/aromatic N) is 1. The Labute approximate surface area is 126 Å². The molecule has 0 aromatic carbocycles. The number of hydrogen-bond donors (Lipinski definition) is 2. The SMILES string of the molecule is CCC(C)N(CC(=O)O)C(=O)CCCNC(=O)C(C)(C)C. The minimum Gasteiger partial charge on any atom is -0.480 e. The van der Waals surface area contributed by atoms with Crippen LogP contribution >= 0.6 is 0 Å². The van der Waals surface area contributed by atoms with Gasteiger partial charge in [-0.1, -0.05) is 27.7 Å². The normalized spacial score (nSPS) is 12.6. The molecule has 6 nitrogen and oxygen atoms in total. The van der Waals surface area contributed by atoms with Gasteiger partial charge in [-0.05, 0) is 19.8 Å². The summed E-state index contributed by atoms with van der Waals surface area (Å²) in [5.74, 6) is -1.25. The average Bonchev–Trinajstić information content (AvgIpc) is 2.38. The molecule has 0 aromatic heterocycles. The van der Waals surface area contributed by atoms with Crippen LogP contribution in [0.4, 0.5) is 0 Å². The Morgan fingerprint density at radius 1 is 1.24 bits per heavy atom. The minimum atomic E-state index is -1.01. The third-order valence-corrected chi connectivity index (χ3v) is 3.28. The molecule has 21 heavy (non-hydrogen) atoms. The van der Waals surface area contributed by atoms with Crippen LogP contribution in [0.3, 0.4) is 0 Å². The molecule has 2 amide bonds. The number of hydrogen-bond acceptors (Lipinski definition) is 3. The van der Waals surface area contributed by atoms with E-state index in [9.17, 15) is 14.4 Å². The van der Waals surface area contributed by atoms with Gasteiger partial charge >= 0.3 is 5.97 Å². The maximum absolute atomic E-state index is 12.1. The molecule has 0 saturated carbocycles. The summed E-state index contributed by atoms with van der Waals surface area (Å²) in [5, 5.41) is 11.6. The third kappa shape index (κ3) is 7.68. The lowest BCUT2D eigenvalue weighted by Gasteiger charge is -2.27. The molecule has 122 valence electrons. The van der Waals surface area contributed by atoms with Gasteiger partial charge in [0.15, 0.2) is 0 Å². The molecule has 0 aromatic rings. The largest absolute Gasteiger partial charge is 0.480 e. The lowest BCUT2D eigenvalue weighted by atomic mass is 9.96. The second-order valence-electron chi connectivity index (χ2n) is 6.28. The van der Waals surface area contributed by atoms with Gasteiger partial charge in [-0.15, -0.1) is 0 Å². The van der Waals surface area contributed by atoms with Crippen molar-refractivity contribution in [2.24, 2.45) is 5.41 Å². The Morgan fingerprint density at radius 2 is 1.81 bits per heavy atom. The van der Waals surface area contributed by atoms with Crippen LogP contribution in [-0.4, -0.2) is 46.9 Å². The molecule has 0 fully saturated rings. The highest BCUT2D eigenvalue weighted by molar-refractivity contribution is 5.82. The number of carbonyl (C=O) groups excluding carboxylic acids is 2. The van der Waals surface area contributed by atoms with E-state index < -0.39 is 11.4 Å². The maximum Gasteiger partial charge on any atom is 0.323 e. The lowest BCUT2D eigenvalue weighted by molar-refractivity contribution is -0.146. The Hall–Kier alpha value is -1.59. The van der Waals surface area contributed by atoms with Gasteiger partial charge in [-0.25, -0.2) is 0 Å². The van der Waals surface area contributed by atoms with E-state index in [1.165, 1.54) is 4.90 Å². The smallest absolute Gasteiger partial charge is 0.323 e. The molecular formula is C15H28N2O4. The number of carboxylic acids is 1. The molecule has 6 heteroatoms. The van der Waals surface area contributed by atoms with Crippen LogP contribution in [0.2, 0.25) is 0 Å². The van der Waals surface area contributed by atoms with Gasteiger partial charge < -0.3 is 15.3 Å². The van der Waals surface area contributed by atoms with E-state index in [0.29, 0.717) is 19.4 Å². The maximum atomic E-state index is 12.1. The Bertz CT molecular complexity index is 374. The standard InChI is InChI=1S/C15H28N2O4/c1-6-11(2)17(10-13(19)20)12(18)8-7-9-16-14(21)15(3,4)5/h11H,6-10H2,1-5H3,(H,16,21)(H,19,20). The Balaban J connectivity index is 4.26. The first-order valence-corrected chi connectivity index (χ1v) is 7.39. The van der Waals surface area contributed by atoms with Gasteiger partial charge in [0, 0.05) is 24.4 Å². The first-order valence-electron chi connectivity index (χ1n) is 7.39. The van der Waals surface area contributed by atoms with Crippen LogP contribution in [0.1, 0.15) is 53.9 Å². The molecule has 0 rings (SSSR count). The van der Waals surface area contributed by atoms with Crippen LogP contribution in [0.25, 0.3) is 0 Å². The molecule has 2 N–H and O–H groups in total. The first kappa shape index (κ1) is 19.4. The van der Waals surface area contributed by atoms with Crippen molar-refractivity contribution >= 4 is 17.8 Å². The molecule has 0 aliphatic rings. The lowest BCUT2D eigenvalue weighted by Crippen LogP contribution is -2.42. The number of aliphatic carboxylic acids is 1. The third-order valence-electron chi connectivity index (χ3n) is 3.28. The van der Waals surface area contributed by atoms with Gasteiger partial charge in [-0.2, -0.15) is 0 Å².